The van der Waals surface area contributed by atoms with E-state index >= 15 is 0 Å². The maximum absolute atomic E-state index is 13.0. The van der Waals surface area contributed by atoms with Gasteiger partial charge in [-0.2, -0.15) is 0 Å². The van der Waals surface area contributed by atoms with E-state index in [1.807, 2.05) is 30.3 Å². The van der Waals surface area contributed by atoms with Gasteiger partial charge in [-0.25, -0.2) is 0 Å². The van der Waals surface area contributed by atoms with Gasteiger partial charge in [0.2, 0.25) is 11.8 Å². The summed E-state index contributed by atoms with van der Waals surface area (Å²) < 4.78 is 12.1. The number of morpholine rings is 1. The number of carbonyl (C=O) groups excluding carboxylic acids is 1. The quantitative estimate of drug-likeness (QED) is 0.723. The Morgan fingerprint density at radius 2 is 2.22 bits per heavy atom. The number of carbonyl (C=O) groups is 1. The predicted octanol–water partition coefficient (Wildman–Crippen LogP) is 2.81. The molecule has 1 atom stereocenters. The van der Waals surface area contributed by atoms with Crippen LogP contribution in [0.1, 0.15) is 27.5 Å². The molecule has 0 bridgehead atoms. The van der Waals surface area contributed by atoms with E-state index in [0.29, 0.717) is 36.4 Å². The highest BCUT2D eigenvalue weighted by atomic mass is 32.1. The van der Waals surface area contributed by atoms with Gasteiger partial charge in [0.1, 0.15) is 6.04 Å². The number of rotatable bonds is 2. The van der Waals surface area contributed by atoms with Crippen LogP contribution in [-0.2, 0) is 4.74 Å². The van der Waals surface area contributed by atoms with Crippen molar-refractivity contribution in [3.63, 3.8) is 0 Å². The number of nitrogens with zero attached hydrogens (tertiary/aromatic N) is 3. The van der Waals surface area contributed by atoms with Crippen molar-refractivity contribution in [1.29, 1.82) is 0 Å². The first-order chi connectivity index (χ1) is 11.2. The maximum atomic E-state index is 13.0. The molecule has 2 aromatic heterocycles. The number of amides is 1. The Bertz CT molecular complexity index is 824. The SMILES string of the molecule is Cc1nnc([C@@H]2COCCN2C(=O)c2cc3ccccc3s2)o1. The van der Waals surface area contributed by atoms with E-state index in [1.54, 1.807) is 11.8 Å². The molecule has 1 saturated heterocycles. The molecular formula is C16H15N3O3S. The number of aryl methyl sites for hydroxylation is 1. The van der Waals surface area contributed by atoms with Crippen molar-refractivity contribution >= 4 is 27.3 Å². The first kappa shape index (κ1) is 14.3. The average molecular weight is 329 g/mol. The number of aromatic nitrogens is 2. The third-order valence-corrected chi connectivity index (χ3v) is 4.96. The number of hydrogen-bond donors (Lipinski definition) is 0. The molecule has 0 spiro atoms. The second-order valence-electron chi connectivity index (χ2n) is 5.40. The number of thiophene rings is 1. The fourth-order valence-electron chi connectivity index (χ4n) is 2.73. The van der Waals surface area contributed by atoms with E-state index < -0.39 is 0 Å². The Morgan fingerprint density at radius 1 is 1.35 bits per heavy atom. The summed E-state index contributed by atoms with van der Waals surface area (Å²) in [5.74, 6) is 0.895. The molecule has 1 fully saturated rings. The first-order valence-corrected chi connectivity index (χ1v) is 8.21. The van der Waals surface area contributed by atoms with E-state index in [1.165, 1.54) is 11.3 Å². The predicted molar refractivity (Wildman–Crippen MR) is 85.5 cm³/mol. The van der Waals surface area contributed by atoms with Gasteiger partial charge in [0.05, 0.1) is 18.1 Å². The Kier molecular flexibility index (Phi) is 3.59. The van der Waals surface area contributed by atoms with Gasteiger partial charge in [-0.1, -0.05) is 18.2 Å². The zero-order chi connectivity index (χ0) is 15.8. The van der Waals surface area contributed by atoms with Gasteiger partial charge in [-0.05, 0) is 17.5 Å². The fraction of sp³-hybridized carbons (Fsp3) is 0.312. The molecule has 3 aromatic rings. The van der Waals surface area contributed by atoms with Gasteiger partial charge in [0.15, 0.2) is 0 Å². The minimum absolute atomic E-state index is 0.0182. The lowest BCUT2D eigenvalue weighted by Crippen LogP contribution is -2.43. The summed E-state index contributed by atoms with van der Waals surface area (Å²) in [7, 11) is 0. The highest BCUT2D eigenvalue weighted by molar-refractivity contribution is 7.20. The standard InChI is InChI=1S/C16H15N3O3S/c1-10-17-18-15(22-10)12-9-21-7-6-19(12)16(20)14-8-11-4-2-3-5-13(11)23-14/h2-5,8,12H,6-7,9H2,1H3/t12-/m0/s1. The monoisotopic (exact) mass is 329 g/mol. The Hall–Kier alpha value is -2.25. The molecular weight excluding hydrogens is 314 g/mol. The lowest BCUT2D eigenvalue weighted by Gasteiger charge is -2.33. The third-order valence-electron chi connectivity index (χ3n) is 3.85. The highest BCUT2D eigenvalue weighted by Gasteiger charge is 2.33. The van der Waals surface area contributed by atoms with Crippen molar-refractivity contribution in [2.24, 2.45) is 0 Å². The van der Waals surface area contributed by atoms with Crippen molar-refractivity contribution < 1.29 is 13.9 Å². The second-order valence-corrected chi connectivity index (χ2v) is 6.48. The minimum Gasteiger partial charge on any atom is -0.423 e. The molecule has 0 N–H and O–H groups in total. The van der Waals surface area contributed by atoms with Crippen LogP contribution in [-0.4, -0.2) is 40.8 Å². The zero-order valence-electron chi connectivity index (χ0n) is 12.6. The molecule has 1 aliphatic heterocycles. The van der Waals surface area contributed by atoms with E-state index in [-0.39, 0.29) is 11.9 Å². The average Bonchev–Trinajstić information content (AvgIpc) is 3.20. The molecule has 7 heteroatoms. The molecule has 0 aliphatic carbocycles. The lowest BCUT2D eigenvalue weighted by atomic mass is 10.2. The van der Waals surface area contributed by atoms with Crippen LogP contribution in [0.3, 0.4) is 0 Å². The largest absolute Gasteiger partial charge is 0.423 e. The summed E-state index contributed by atoms with van der Waals surface area (Å²) in [4.78, 5) is 15.4. The smallest absolute Gasteiger partial charge is 0.264 e. The summed E-state index contributed by atoms with van der Waals surface area (Å²) >= 11 is 1.50. The molecule has 0 unspecified atom stereocenters. The Morgan fingerprint density at radius 3 is 3.00 bits per heavy atom. The van der Waals surface area contributed by atoms with Crippen molar-refractivity contribution in [3.8, 4) is 0 Å². The third kappa shape index (κ3) is 2.62. The van der Waals surface area contributed by atoms with Gasteiger partial charge >= 0.3 is 0 Å². The molecule has 3 heterocycles. The zero-order valence-corrected chi connectivity index (χ0v) is 13.4. The topological polar surface area (TPSA) is 68.5 Å². The van der Waals surface area contributed by atoms with Crippen molar-refractivity contribution in [2.75, 3.05) is 19.8 Å². The van der Waals surface area contributed by atoms with E-state index in [9.17, 15) is 4.79 Å². The van der Waals surface area contributed by atoms with Crippen LogP contribution in [0.2, 0.25) is 0 Å². The number of benzene rings is 1. The first-order valence-electron chi connectivity index (χ1n) is 7.39. The van der Waals surface area contributed by atoms with Gasteiger partial charge in [-0.3, -0.25) is 4.79 Å². The molecule has 0 radical (unpaired) electrons. The molecule has 1 aromatic carbocycles. The van der Waals surface area contributed by atoms with Gasteiger partial charge in [0.25, 0.3) is 5.91 Å². The molecule has 0 saturated carbocycles. The molecule has 23 heavy (non-hydrogen) atoms. The van der Waals surface area contributed by atoms with Crippen molar-refractivity contribution in [2.45, 2.75) is 13.0 Å². The number of hydrogen-bond acceptors (Lipinski definition) is 6. The summed E-state index contributed by atoms with van der Waals surface area (Å²) in [5.41, 5.74) is 0. The number of ether oxygens (including phenoxy) is 1. The van der Waals surface area contributed by atoms with Crippen LogP contribution < -0.4 is 0 Å². The van der Waals surface area contributed by atoms with Crippen LogP contribution in [0.15, 0.2) is 34.7 Å². The minimum atomic E-state index is -0.331. The van der Waals surface area contributed by atoms with Crippen LogP contribution in [0, 0.1) is 6.92 Å². The molecule has 4 rings (SSSR count). The summed E-state index contributed by atoms with van der Waals surface area (Å²) in [6.45, 7) is 3.13. The van der Waals surface area contributed by atoms with E-state index in [2.05, 4.69) is 10.2 Å². The molecule has 1 aliphatic rings. The second kappa shape index (κ2) is 5.75. The van der Waals surface area contributed by atoms with Crippen molar-refractivity contribution in [3.05, 3.63) is 47.0 Å². The van der Waals surface area contributed by atoms with E-state index in [0.717, 1.165) is 10.1 Å². The van der Waals surface area contributed by atoms with Crippen LogP contribution in [0.25, 0.3) is 10.1 Å². The normalized spacial score (nSPS) is 18.5. The maximum Gasteiger partial charge on any atom is 0.264 e. The molecule has 118 valence electrons. The summed E-state index contributed by atoms with van der Waals surface area (Å²) in [5, 5.41) is 8.99. The van der Waals surface area contributed by atoms with E-state index in [4.69, 9.17) is 9.15 Å². The van der Waals surface area contributed by atoms with Crippen LogP contribution in [0.5, 0.6) is 0 Å². The van der Waals surface area contributed by atoms with Crippen molar-refractivity contribution in [1.82, 2.24) is 15.1 Å². The number of fused-ring (bicyclic) bond motifs is 1. The summed E-state index contributed by atoms with van der Waals surface area (Å²) in [6.07, 6.45) is 0. The lowest BCUT2D eigenvalue weighted by molar-refractivity contribution is -0.0104. The Labute approximate surface area is 136 Å². The Balaban J connectivity index is 1.67. The van der Waals surface area contributed by atoms with Gasteiger partial charge < -0.3 is 14.1 Å². The van der Waals surface area contributed by atoms with Gasteiger partial charge in [0, 0.05) is 18.2 Å². The highest BCUT2D eigenvalue weighted by Crippen LogP contribution is 2.30. The van der Waals surface area contributed by atoms with Gasteiger partial charge in [-0.15, -0.1) is 21.5 Å². The molecule has 1 amide bonds. The molecule has 6 nitrogen and oxygen atoms in total. The van der Waals surface area contributed by atoms with Crippen LogP contribution in [0.4, 0.5) is 0 Å². The van der Waals surface area contributed by atoms with Crippen LogP contribution >= 0.6 is 11.3 Å². The fourth-order valence-corrected chi connectivity index (χ4v) is 3.75. The summed E-state index contributed by atoms with van der Waals surface area (Å²) in [6, 6.07) is 9.60.